The summed E-state index contributed by atoms with van der Waals surface area (Å²) in [5.41, 5.74) is 7.95. The molecule has 0 aromatic carbocycles. The zero-order valence-electron chi connectivity index (χ0n) is 7.80. The van der Waals surface area contributed by atoms with Crippen LogP contribution in [0, 0.1) is 0 Å². The average Bonchev–Trinajstić information content (AvgIpc) is 2.20. The first-order valence-electron chi connectivity index (χ1n) is 4.50. The molecule has 76 valence electrons. The number of carbonyl (C=O) groups is 1. The van der Waals surface area contributed by atoms with E-state index in [0.717, 1.165) is 38.2 Å². The van der Waals surface area contributed by atoms with Crippen LogP contribution in [0.5, 0.6) is 0 Å². The van der Waals surface area contributed by atoms with Gasteiger partial charge < -0.3 is 4.84 Å². The highest BCUT2D eigenvalue weighted by Gasteiger charge is 2.12. The van der Waals surface area contributed by atoms with Crippen molar-refractivity contribution in [2.24, 2.45) is 5.11 Å². The third-order valence-electron chi connectivity index (χ3n) is 1.86. The number of hydrogen-bond donors (Lipinski definition) is 0. The summed E-state index contributed by atoms with van der Waals surface area (Å²) in [4.78, 5) is 18.5. The van der Waals surface area contributed by atoms with Gasteiger partial charge in [0.15, 0.2) is 0 Å². The number of carbonyl (C=O) groups excluding carboxylic acids is 1. The summed E-state index contributed by atoms with van der Waals surface area (Å²) < 4.78 is 0. The van der Waals surface area contributed by atoms with E-state index in [1.807, 2.05) is 0 Å². The van der Waals surface area contributed by atoms with Gasteiger partial charge in [-0.05, 0) is 18.4 Å². The van der Waals surface area contributed by atoms with Crippen molar-refractivity contribution in [1.82, 2.24) is 5.06 Å². The van der Waals surface area contributed by atoms with Crippen LogP contribution in [-0.2, 0) is 9.63 Å². The van der Waals surface area contributed by atoms with Crippen LogP contribution in [0.3, 0.4) is 0 Å². The Balaban J connectivity index is 2.28. The van der Waals surface area contributed by atoms with Gasteiger partial charge in [0.2, 0.25) is 0 Å². The topological polar surface area (TPSA) is 78.3 Å². The molecule has 0 radical (unpaired) electrons. The molecular formula is C8H12N4O2. The number of hydroxylamine groups is 2. The van der Waals surface area contributed by atoms with Gasteiger partial charge in [0.1, 0.15) is 0 Å². The highest BCUT2D eigenvalue weighted by Crippen LogP contribution is 2.08. The molecule has 0 aromatic heterocycles. The second-order valence-electron chi connectivity index (χ2n) is 2.92. The average molecular weight is 196 g/mol. The number of rotatable bonds is 3. The molecule has 1 fully saturated rings. The Morgan fingerprint density at radius 1 is 1.43 bits per heavy atom. The Labute approximate surface area is 81.7 Å². The third-order valence-corrected chi connectivity index (χ3v) is 1.86. The first-order valence-corrected chi connectivity index (χ1v) is 4.50. The van der Waals surface area contributed by atoms with E-state index < -0.39 is 5.97 Å². The van der Waals surface area contributed by atoms with E-state index in [0.29, 0.717) is 0 Å². The highest BCUT2D eigenvalue weighted by molar-refractivity contribution is 5.81. The standard InChI is InChI=1S/C8H12N4O2/c9-11-10-5-4-8(13)14-12-6-2-1-3-7-12/h4-5H,1-3,6-7H2. The summed E-state index contributed by atoms with van der Waals surface area (Å²) >= 11 is 0. The molecule has 0 N–H and O–H groups in total. The molecule has 1 aliphatic rings. The summed E-state index contributed by atoms with van der Waals surface area (Å²) in [7, 11) is 0. The second kappa shape index (κ2) is 6.01. The molecule has 1 rings (SSSR count). The molecule has 1 aliphatic heterocycles. The van der Waals surface area contributed by atoms with Crippen LogP contribution in [-0.4, -0.2) is 24.1 Å². The monoisotopic (exact) mass is 196 g/mol. The third kappa shape index (κ3) is 3.93. The molecular weight excluding hydrogens is 184 g/mol. The van der Waals surface area contributed by atoms with Crippen LogP contribution >= 0.6 is 0 Å². The molecule has 0 atom stereocenters. The lowest BCUT2D eigenvalue weighted by Gasteiger charge is -2.23. The first-order chi connectivity index (χ1) is 6.83. The van der Waals surface area contributed by atoms with Gasteiger partial charge in [-0.25, -0.2) is 4.79 Å². The molecule has 0 spiro atoms. The maximum atomic E-state index is 11.1. The lowest BCUT2D eigenvalue weighted by molar-refractivity contribution is -0.187. The van der Waals surface area contributed by atoms with Crippen LogP contribution < -0.4 is 0 Å². The Morgan fingerprint density at radius 2 is 2.14 bits per heavy atom. The fraction of sp³-hybridized carbons (Fsp3) is 0.625. The zero-order chi connectivity index (χ0) is 10.2. The van der Waals surface area contributed by atoms with Crippen molar-refractivity contribution >= 4 is 5.97 Å². The van der Waals surface area contributed by atoms with E-state index in [4.69, 9.17) is 10.4 Å². The van der Waals surface area contributed by atoms with Crippen LogP contribution in [0.25, 0.3) is 10.4 Å². The molecule has 0 aliphatic carbocycles. The summed E-state index contributed by atoms with van der Waals surface area (Å²) in [5, 5.41) is 4.72. The quantitative estimate of drug-likeness (QED) is 0.298. The fourth-order valence-electron chi connectivity index (χ4n) is 1.24. The van der Waals surface area contributed by atoms with Gasteiger partial charge in [-0.15, -0.1) is 5.06 Å². The molecule has 1 saturated heterocycles. The maximum Gasteiger partial charge on any atom is 0.349 e. The summed E-state index contributed by atoms with van der Waals surface area (Å²) in [5.74, 6) is -0.501. The Morgan fingerprint density at radius 3 is 2.79 bits per heavy atom. The predicted molar refractivity (Wildman–Crippen MR) is 49.8 cm³/mol. The summed E-state index contributed by atoms with van der Waals surface area (Å²) in [6.45, 7) is 1.56. The van der Waals surface area contributed by atoms with Crippen molar-refractivity contribution in [3.63, 3.8) is 0 Å². The molecule has 0 aromatic rings. The van der Waals surface area contributed by atoms with Crippen LogP contribution in [0.1, 0.15) is 19.3 Å². The van der Waals surface area contributed by atoms with Gasteiger partial charge in [-0.3, -0.25) is 0 Å². The lowest BCUT2D eigenvalue weighted by Crippen LogP contribution is -2.31. The van der Waals surface area contributed by atoms with Gasteiger partial charge in [-0.1, -0.05) is 11.5 Å². The SMILES string of the molecule is [N-]=[N+]=NC=CC(=O)ON1CCCCC1. The van der Waals surface area contributed by atoms with E-state index in [2.05, 4.69) is 10.0 Å². The van der Waals surface area contributed by atoms with Crippen molar-refractivity contribution < 1.29 is 9.63 Å². The molecule has 0 amide bonds. The van der Waals surface area contributed by atoms with Crippen molar-refractivity contribution in [3.8, 4) is 0 Å². The minimum absolute atomic E-state index is 0.501. The van der Waals surface area contributed by atoms with Crippen LogP contribution in [0.4, 0.5) is 0 Å². The van der Waals surface area contributed by atoms with Gasteiger partial charge >= 0.3 is 5.97 Å². The molecule has 0 unspecified atom stereocenters. The van der Waals surface area contributed by atoms with Crippen LogP contribution in [0.15, 0.2) is 17.4 Å². The van der Waals surface area contributed by atoms with Gasteiger partial charge in [0.25, 0.3) is 0 Å². The van der Waals surface area contributed by atoms with Crippen molar-refractivity contribution in [2.45, 2.75) is 19.3 Å². The molecule has 1 heterocycles. The Bertz CT molecular complexity index is 265. The predicted octanol–water partition coefficient (Wildman–Crippen LogP) is 1.75. The van der Waals surface area contributed by atoms with Crippen molar-refractivity contribution in [1.29, 1.82) is 0 Å². The lowest BCUT2D eigenvalue weighted by atomic mass is 10.2. The largest absolute Gasteiger partial charge is 0.364 e. The molecule has 0 saturated carbocycles. The highest BCUT2D eigenvalue weighted by atomic mass is 16.7. The first kappa shape index (κ1) is 10.6. The smallest absolute Gasteiger partial charge is 0.349 e. The van der Waals surface area contributed by atoms with E-state index >= 15 is 0 Å². The zero-order valence-corrected chi connectivity index (χ0v) is 7.80. The normalized spacial score (nSPS) is 17.7. The van der Waals surface area contributed by atoms with Crippen molar-refractivity contribution in [3.05, 3.63) is 22.7 Å². The van der Waals surface area contributed by atoms with E-state index in [9.17, 15) is 4.79 Å². The number of hydrogen-bond acceptors (Lipinski definition) is 4. The number of piperidine rings is 1. The Kier molecular flexibility index (Phi) is 4.54. The van der Waals surface area contributed by atoms with Gasteiger partial charge in [0, 0.05) is 30.3 Å². The number of nitrogens with zero attached hydrogens (tertiary/aromatic N) is 4. The van der Waals surface area contributed by atoms with Crippen LogP contribution in [0.2, 0.25) is 0 Å². The maximum absolute atomic E-state index is 11.1. The fourth-order valence-corrected chi connectivity index (χ4v) is 1.24. The van der Waals surface area contributed by atoms with Gasteiger partial charge in [-0.2, -0.15) is 0 Å². The Hall–Kier alpha value is -1.52. The molecule has 6 nitrogen and oxygen atoms in total. The van der Waals surface area contributed by atoms with E-state index in [-0.39, 0.29) is 0 Å². The summed E-state index contributed by atoms with van der Waals surface area (Å²) in [6.07, 6.45) is 5.46. The molecule has 0 bridgehead atoms. The van der Waals surface area contributed by atoms with E-state index in [1.165, 1.54) is 6.42 Å². The number of azide groups is 1. The minimum Gasteiger partial charge on any atom is -0.364 e. The van der Waals surface area contributed by atoms with Gasteiger partial charge in [0.05, 0.1) is 0 Å². The second-order valence-corrected chi connectivity index (χ2v) is 2.92. The summed E-state index contributed by atoms with van der Waals surface area (Å²) in [6, 6.07) is 0. The van der Waals surface area contributed by atoms with E-state index in [1.54, 1.807) is 5.06 Å². The molecule has 14 heavy (non-hydrogen) atoms. The molecule has 6 heteroatoms. The minimum atomic E-state index is -0.501. The van der Waals surface area contributed by atoms with Crippen molar-refractivity contribution in [2.75, 3.05) is 13.1 Å².